The van der Waals surface area contributed by atoms with Crippen LogP contribution < -0.4 is 4.90 Å². The fourth-order valence-electron chi connectivity index (χ4n) is 7.54. The van der Waals surface area contributed by atoms with Gasteiger partial charge in [0.15, 0.2) is 0 Å². The number of nitrogens with zero attached hydrogens (tertiary/aromatic N) is 2. The highest BCUT2D eigenvalue weighted by molar-refractivity contribution is 7.26. The lowest BCUT2D eigenvalue weighted by Crippen LogP contribution is -2.09. The fourth-order valence-corrected chi connectivity index (χ4v) is 8.78. The summed E-state index contributed by atoms with van der Waals surface area (Å²) in [6.45, 7) is 0. The van der Waals surface area contributed by atoms with Crippen LogP contribution in [-0.4, -0.2) is 4.57 Å². The van der Waals surface area contributed by atoms with E-state index in [4.69, 9.17) is 0 Å². The molecule has 230 valence electrons. The largest absolute Gasteiger partial charge is 0.310 e. The SMILES string of the molecule is c1ccc(N(c2ccc(-c3cccc4c3sc3ccccc34)cc2)c2ccc3ccc4c5ccccc5n(-c5ccccc5)c4c3c2)cc1. The first-order valence-electron chi connectivity index (χ1n) is 16.7. The van der Waals surface area contributed by atoms with E-state index in [0.717, 1.165) is 22.7 Å². The van der Waals surface area contributed by atoms with Crippen LogP contribution in [0.3, 0.4) is 0 Å². The van der Waals surface area contributed by atoms with Gasteiger partial charge in [0.25, 0.3) is 0 Å². The molecule has 0 aliphatic heterocycles. The van der Waals surface area contributed by atoms with E-state index in [1.807, 2.05) is 11.3 Å². The molecule has 0 saturated carbocycles. The van der Waals surface area contributed by atoms with Gasteiger partial charge in [-0.25, -0.2) is 0 Å². The number of hydrogen-bond donors (Lipinski definition) is 0. The number of para-hydroxylation sites is 3. The van der Waals surface area contributed by atoms with Gasteiger partial charge in [-0.2, -0.15) is 0 Å². The quantitative estimate of drug-likeness (QED) is 0.181. The summed E-state index contributed by atoms with van der Waals surface area (Å²) in [7, 11) is 0. The Morgan fingerprint density at radius 3 is 1.92 bits per heavy atom. The van der Waals surface area contributed by atoms with Crippen LogP contribution in [0.25, 0.3) is 69.6 Å². The number of benzene rings is 8. The molecular formula is C46H30N2S. The highest BCUT2D eigenvalue weighted by Crippen LogP contribution is 2.43. The van der Waals surface area contributed by atoms with Crippen molar-refractivity contribution in [3.63, 3.8) is 0 Å². The van der Waals surface area contributed by atoms with Crippen LogP contribution in [-0.2, 0) is 0 Å². The normalized spacial score (nSPS) is 11.7. The Labute approximate surface area is 288 Å². The standard InChI is InChI=1S/C46H30N2S/c1-3-12-33(13-4-1)47(35-26-22-31(23-27-35)37-18-11-19-41-39-17-8-10-21-44(39)49-46(37)41)36-28-24-32-25-29-40-38-16-7-9-20-43(38)48(45(40)42(32)30-36)34-14-5-2-6-15-34/h1-30H. The third-order valence-corrected chi connectivity index (χ3v) is 11.0. The molecule has 0 saturated heterocycles. The lowest BCUT2D eigenvalue weighted by molar-refractivity contribution is 1.19. The number of rotatable bonds is 5. The molecule has 0 radical (unpaired) electrons. The first-order valence-corrected chi connectivity index (χ1v) is 17.5. The van der Waals surface area contributed by atoms with Crippen LogP contribution >= 0.6 is 11.3 Å². The van der Waals surface area contributed by atoms with Gasteiger partial charge in [0.2, 0.25) is 0 Å². The highest BCUT2D eigenvalue weighted by atomic mass is 32.1. The summed E-state index contributed by atoms with van der Waals surface area (Å²) in [6.07, 6.45) is 0. The Balaban J connectivity index is 1.16. The molecule has 10 aromatic rings. The maximum Gasteiger partial charge on any atom is 0.0620 e. The number of anilines is 3. The fraction of sp³-hybridized carbons (Fsp3) is 0. The predicted molar refractivity (Wildman–Crippen MR) is 211 cm³/mol. The Kier molecular flexibility index (Phi) is 6.39. The molecule has 10 rings (SSSR count). The summed E-state index contributed by atoms with van der Waals surface area (Å²) in [4.78, 5) is 2.37. The van der Waals surface area contributed by atoms with Gasteiger partial charge in [-0.1, -0.05) is 121 Å². The molecular weight excluding hydrogens is 613 g/mol. The molecule has 2 nitrogen and oxygen atoms in total. The molecule has 2 heterocycles. The minimum atomic E-state index is 1.12. The minimum absolute atomic E-state index is 1.12. The summed E-state index contributed by atoms with van der Waals surface area (Å²) in [5.41, 5.74) is 9.47. The van der Waals surface area contributed by atoms with Crippen molar-refractivity contribution >= 4 is 81.1 Å². The third kappa shape index (κ3) is 4.47. The van der Waals surface area contributed by atoms with E-state index in [0.29, 0.717) is 0 Å². The first kappa shape index (κ1) is 27.9. The van der Waals surface area contributed by atoms with Crippen molar-refractivity contribution in [2.24, 2.45) is 0 Å². The van der Waals surface area contributed by atoms with Crippen LogP contribution in [0.4, 0.5) is 17.1 Å². The number of thiophene rings is 1. The lowest BCUT2D eigenvalue weighted by atomic mass is 10.0. The maximum absolute atomic E-state index is 2.42. The number of aromatic nitrogens is 1. The summed E-state index contributed by atoms with van der Waals surface area (Å²) >= 11 is 1.88. The van der Waals surface area contributed by atoms with E-state index in [1.54, 1.807) is 0 Å². The van der Waals surface area contributed by atoms with Gasteiger partial charge in [-0.05, 0) is 77.2 Å². The van der Waals surface area contributed by atoms with Gasteiger partial charge in [-0.15, -0.1) is 11.3 Å². The molecule has 0 fully saturated rings. The average molecular weight is 643 g/mol. The second kappa shape index (κ2) is 11.2. The van der Waals surface area contributed by atoms with E-state index in [2.05, 4.69) is 191 Å². The summed E-state index contributed by atoms with van der Waals surface area (Å²) in [5.74, 6) is 0. The predicted octanol–water partition coefficient (Wildman–Crippen LogP) is 13.4. The second-order valence-electron chi connectivity index (χ2n) is 12.6. The van der Waals surface area contributed by atoms with Gasteiger partial charge in [0.1, 0.15) is 0 Å². The highest BCUT2D eigenvalue weighted by Gasteiger charge is 2.18. The molecule has 0 aliphatic rings. The number of fused-ring (bicyclic) bond motifs is 8. The number of hydrogen-bond acceptors (Lipinski definition) is 2. The lowest BCUT2D eigenvalue weighted by Gasteiger charge is -2.26. The topological polar surface area (TPSA) is 8.17 Å². The Morgan fingerprint density at radius 2 is 1.08 bits per heavy atom. The summed E-state index contributed by atoms with van der Waals surface area (Å²) in [6, 6.07) is 66.1. The Bertz CT molecular complexity index is 2810. The zero-order valence-corrected chi connectivity index (χ0v) is 27.4. The summed E-state index contributed by atoms with van der Waals surface area (Å²) < 4.78 is 5.09. The van der Waals surface area contributed by atoms with E-state index >= 15 is 0 Å². The van der Waals surface area contributed by atoms with Gasteiger partial charge < -0.3 is 9.47 Å². The van der Waals surface area contributed by atoms with E-state index in [1.165, 1.54) is 63.9 Å². The average Bonchev–Trinajstić information content (AvgIpc) is 3.72. The molecule has 3 heteroatoms. The van der Waals surface area contributed by atoms with Crippen molar-refractivity contribution in [2.75, 3.05) is 4.90 Å². The molecule has 2 aromatic heterocycles. The molecule has 0 spiro atoms. The summed E-state index contributed by atoms with van der Waals surface area (Å²) in [5, 5.41) is 7.62. The van der Waals surface area contributed by atoms with Crippen molar-refractivity contribution < 1.29 is 0 Å². The van der Waals surface area contributed by atoms with Crippen molar-refractivity contribution in [1.29, 1.82) is 0 Å². The monoisotopic (exact) mass is 642 g/mol. The molecule has 0 amide bonds. The molecule has 0 unspecified atom stereocenters. The maximum atomic E-state index is 2.42. The van der Waals surface area contributed by atoms with Crippen LogP contribution in [0.5, 0.6) is 0 Å². The molecule has 8 aromatic carbocycles. The van der Waals surface area contributed by atoms with Crippen LogP contribution in [0.2, 0.25) is 0 Å². The van der Waals surface area contributed by atoms with Crippen molar-refractivity contribution in [2.45, 2.75) is 0 Å². The Morgan fingerprint density at radius 1 is 0.429 bits per heavy atom. The minimum Gasteiger partial charge on any atom is -0.310 e. The third-order valence-electron chi connectivity index (χ3n) is 9.76. The van der Waals surface area contributed by atoms with Gasteiger partial charge in [0, 0.05) is 59.1 Å². The van der Waals surface area contributed by atoms with Crippen molar-refractivity contribution in [3.8, 4) is 16.8 Å². The van der Waals surface area contributed by atoms with E-state index in [-0.39, 0.29) is 0 Å². The smallest absolute Gasteiger partial charge is 0.0620 e. The first-order chi connectivity index (χ1) is 24.3. The van der Waals surface area contributed by atoms with Crippen molar-refractivity contribution in [1.82, 2.24) is 4.57 Å². The molecule has 0 aliphatic carbocycles. The molecule has 0 atom stereocenters. The molecule has 0 N–H and O–H groups in total. The van der Waals surface area contributed by atoms with Gasteiger partial charge in [-0.3, -0.25) is 0 Å². The zero-order valence-electron chi connectivity index (χ0n) is 26.6. The van der Waals surface area contributed by atoms with Gasteiger partial charge in [0.05, 0.1) is 11.0 Å². The molecule has 49 heavy (non-hydrogen) atoms. The van der Waals surface area contributed by atoms with Crippen molar-refractivity contribution in [3.05, 3.63) is 182 Å². The van der Waals surface area contributed by atoms with Crippen LogP contribution in [0, 0.1) is 0 Å². The Hall–Kier alpha value is -6.16. The zero-order chi connectivity index (χ0) is 32.3. The second-order valence-corrected chi connectivity index (χ2v) is 13.6. The van der Waals surface area contributed by atoms with Crippen LogP contribution in [0.15, 0.2) is 182 Å². The van der Waals surface area contributed by atoms with E-state index < -0.39 is 0 Å². The van der Waals surface area contributed by atoms with Crippen LogP contribution in [0.1, 0.15) is 0 Å². The van der Waals surface area contributed by atoms with E-state index in [9.17, 15) is 0 Å². The molecule has 0 bridgehead atoms. The van der Waals surface area contributed by atoms with Gasteiger partial charge >= 0.3 is 0 Å².